The molecule has 3 rings (SSSR count). The van der Waals surface area contributed by atoms with Crippen molar-refractivity contribution in [3.8, 4) is 0 Å². The van der Waals surface area contributed by atoms with Gasteiger partial charge >= 0.3 is 6.18 Å². The van der Waals surface area contributed by atoms with Crippen molar-refractivity contribution < 1.29 is 27.2 Å². The van der Waals surface area contributed by atoms with Crippen molar-refractivity contribution in [3.63, 3.8) is 0 Å². The van der Waals surface area contributed by atoms with Gasteiger partial charge in [0.15, 0.2) is 0 Å². The van der Waals surface area contributed by atoms with Gasteiger partial charge in [0.1, 0.15) is 5.76 Å². The number of carbonyl (C=O) groups is 2. The summed E-state index contributed by atoms with van der Waals surface area (Å²) in [4.78, 5) is 24.8. The molecule has 154 valence electrons. The lowest BCUT2D eigenvalue weighted by Crippen LogP contribution is -2.24. The number of benzene rings is 2. The third-order valence-electron chi connectivity index (χ3n) is 4.10. The Morgan fingerprint density at radius 3 is 2.30 bits per heavy atom. The van der Waals surface area contributed by atoms with Crippen LogP contribution in [0, 0.1) is 0 Å². The van der Waals surface area contributed by atoms with Gasteiger partial charge in [-0.05, 0) is 29.8 Å². The molecule has 5 nitrogen and oxygen atoms in total. The van der Waals surface area contributed by atoms with E-state index in [1.165, 1.54) is 42.7 Å². The van der Waals surface area contributed by atoms with E-state index >= 15 is 0 Å². The van der Waals surface area contributed by atoms with Crippen molar-refractivity contribution >= 4 is 23.1 Å². The van der Waals surface area contributed by atoms with Gasteiger partial charge in [-0.25, -0.2) is 0 Å². The number of para-hydroxylation sites is 1. The third kappa shape index (κ3) is 5.38. The molecule has 0 bridgehead atoms. The van der Waals surface area contributed by atoms with E-state index in [2.05, 4.69) is 10.6 Å². The minimum absolute atomic E-state index is 0.0882. The molecule has 2 amide bonds. The summed E-state index contributed by atoms with van der Waals surface area (Å²) in [6, 6.07) is 16.4. The fourth-order valence-electron chi connectivity index (χ4n) is 2.71. The number of allylic oxidation sites excluding steroid dienone is 1. The Hall–Kier alpha value is -3.81. The standard InChI is InChI=1S/C22H17F3N2O3/c23-22(24,25)18(15-7-2-1-3-8-15)13-20(28)27-19-11-5-4-10-17(19)21(29)26-14-16-9-6-12-30-16/h1-13H,14H2,(H,26,29)(H,27,28)/b18-13+. The van der Waals surface area contributed by atoms with Crippen LogP contribution in [0.5, 0.6) is 0 Å². The molecule has 0 aliphatic heterocycles. The number of nitrogens with one attached hydrogen (secondary N) is 2. The first kappa shape index (κ1) is 20.9. The summed E-state index contributed by atoms with van der Waals surface area (Å²) in [7, 11) is 0. The maximum absolute atomic E-state index is 13.4. The molecule has 0 fully saturated rings. The first-order valence-corrected chi connectivity index (χ1v) is 8.89. The van der Waals surface area contributed by atoms with Crippen LogP contribution in [0.3, 0.4) is 0 Å². The first-order valence-electron chi connectivity index (χ1n) is 8.89. The van der Waals surface area contributed by atoms with Crippen molar-refractivity contribution in [2.45, 2.75) is 12.7 Å². The van der Waals surface area contributed by atoms with Crippen LogP contribution in [-0.2, 0) is 11.3 Å². The Bertz CT molecular complexity index is 1040. The molecule has 0 atom stereocenters. The molecule has 0 aliphatic carbocycles. The summed E-state index contributed by atoms with van der Waals surface area (Å²) < 4.78 is 45.4. The van der Waals surface area contributed by atoms with E-state index in [0.29, 0.717) is 11.8 Å². The van der Waals surface area contributed by atoms with Gasteiger partial charge in [-0.1, -0.05) is 42.5 Å². The Balaban J connectivity index is 1.79. The molecule has 0 unspecified atom stereocenters. The molecule has 0 radical (unpaired) electrons. The Labute approximate surface area is 170 Å². The minimum Gasteiger partial charge on any atom is -0.467 e. The molecule has 8 heteroatoms. The van der Waals surface area contributed by atoms with Gasteiger partial charge in [-0.15, -0.1) is 0 Å². The normalized spacial score (nSPS) is 11.8. The largest absolute Gasteiger partial charge is 0.467 e. The second-order valence-electron chi connectivity index (χ2n) is 6.22. The van der Waals surface area contributed by atoms with Crippen LogP contribution in [0.1, 0.15) is 21.7 Å². The van der Waals surface area contributed by atoms with Gasteiger partial charge in [0, 0.05) is 6.08 Å². The Morgan fingerprint density at radius 2 is 1.63 bits per heavy atom. The zero-order valence-electron chi connectivity index (χ0n) is 15.6. The minimum atomic E-state index is -4.72. The highest BCUT2D eigenvalue weighted by molar-refractivity contribution is 6.09. The summed E-state index contributed by atoms with van der Waals surface area (Å²) >= 11 is 0. The monoisotopic (exact) mass is 414 g/mol. The molecule has 0 spiro atoms. The van der Waals surface area contributed by atoms with Gasteiger partial charge in [-0.3, -0.25) is 9.59 Å². The second-order valence-corrected chi connectivity index (χ2v) is 6.22. The average molecular weight is 414 g/mol. The Kier molecular flexibility index (Phi) is 6.36. The smallest absolute Gasteiger partial charge is 0.417 e. The number of hydrogen-bond donors (Lipinski definition) is 2. The van der Waals surface area contributed by atoms with E-state index in [9.17, 15) is 22.8 Å². The number of alkyl halides is 3. The summed E-state index contributed by atoms with van der Waals surface area (Å²) in [5.41, 5.74) is -1.02. The van der Waals surface area contributed by atoms with E-state index in [-0.39, 0.29) is 23.4 Å². The molecular formula is C22H17F3N2O3. The van der Waals surface area contributed by atoms with E-state index in [0.717, 1.165) is 0 Å². The molecule has 3 aromatic rings. The van der Waals surface area contributed by atoms with Gasteiger partial charge in [0.05, 0.1) is 29.6 Å². The van der Waals surface area contributed by atoms with E-state index in [1.807, 2.05) is 0 Å². The maximum atomic E-state index is 13.4. The molecule has 1 heterocycles. The molecule has 0 saturated carbocycles. The van der Waals surface area contributed by atoms with Crippen LogP contribution in [0.4, 0.5) is 18.9 Å². The van der Waals surface area contributed by atoms with E-state index < -0.39 is 23.6 Å². The maximum Gasteiger partial charge on any atom is 0.417 e. The Morgan fingerprint density at radius 1 is 0.933 bits per heavy atom. The number of hydrogen-bond acceptors (Lipinski definition) is 3. The van der Waals surface area contributed by atoms with Gasteiger partial charge in [0.25, 0.3) is 5.91 Å². The van der Waals surface area contributed by atoms with Crippen LogP contribution in [0.2, 0.25) is 0 Å². The van der Waals surface area contributed by atoms with Crippen molar-refractivity contribution in [2.75, 3.05) is 5.32 Å². The van der Waals surface area contributed by atoms with Gasteiger partial charge < -0.3 is 15.1 Å². The molecule has 30 heavy (non-hydrogen) atoms. The molecule has 0 aliphatic rings. The molecule has 1 aromatic heterocycles. The van der Waals surface area contributed by atoms with Gasteiger partial charge in [0.2, 0.25) is 5.91 Å². The second kappa shape index (κ2) is 9.13. The number of amides is 2. The SMILES string of the molecule is O=C(/C=C(\c1ccccc1)C(F)(F)F)Nc1ccccc1C(=O)NCc1ccco1. The van der Waals surface area contributed by atoms with Crippen LogP contribution in [0.25, 0.3) is 5.57 Å². The first-order chi connectivity index (χ1) is 14.3. The summed E-state index contributed by atoms with van der Waals surface area (Å²) in [6.45, 7) is 0.125. The fourth-order valence-corrected chi connectivity index (χ4v) is 2.71. The van der Waals surface area contributed by atoms with Crippen LogP contribution < -0.4 is 10.6 Å². The lowest BCUT2D eigenvalue weighted by molar-refractivity contribution is -0.112. The highest BCUT2D eigenvalue weighted by Crippen LogP contribution is 2.33. The lowest BCUT2D eigenvalue weighted by atomic mass is 10.0. The fraction of sp³-hybridized carbons (Fsp3) is 0.0909. The third-order valence-corrected chi connectivity index (χ3v) is 4.10. The zero-order valence-corrected chi connectivity index (χ0v) is 15.6. The van der Waals surface area contributed by atoms with Crippen molar-refractivity contribution in [1.29, 1.82) is 0 Å². The number of carbonyl (C=O) groups excluding carboxylic acids is 2. The highest BCUT2D eigenvalue weighted by atomic mass is 19.4. The molecule has 2 aromatic carbocycles. The zero-order chi connectivity index (χ0) is 21.6. The quantitative estimate of drug-likeness (QED) is 0.570. The molecule has 2 N–H and O–H groups in total. The van der Waals surface area contributed by atoms with Crippen LogP contribution in [0.15, 0.2) is 83.5 Å². The molecular weight excluding hydrogens is 397 g/mol. The average Bonchev–Trinajstić information content (AvgIpc) is 3.24. The molecule has 0 saturated heterocycles. The van der Waals surface area contributed by atoms with Crippen LogP contribution >= 0.6 is 0 Å². The lowest BCUT2D eigenvalue weighted by Gasteiger charge is -2.13. The van der Waals surface area contributed by atoms with Crippen molar-refractivity contribution in [1.82, 2.24) is 5.32 Å². The summed E-state index contributed by atoms with van der Waals surface area (Å²) in [5, 5.41) is 4.98. The van der Waals surface area contributed by atoms with Gasteiger partial charge in [-0.2, -0.15) is 13.2 Å². The van der Waals surface area contributed by atoms with E-state index in [4.69, 9.17) is 4.42 Å². The predicted molar refractivity (Wildman–Crippen MR) is 105 cm³/mol. The summed E-state index contributed by atoms with van der Waals surface area (Å²) in [5.74, 6) is -0.978. The summed E-state index contributed by atoms with van der Waals surface area (Å²) in [6.07, 6.45) is -2.78. The number of furan rings is 1. The van der Waals surface area contributed by atoms with Crippen LogP contribution in [-0.4, -0.2) is 18.0 Å². The predicted octanol–water partition coefficient (Wildman–Crippen LogP) is 4.79. The van der Waals surface area contributed by atoms with E-state index in [1.54, 1.807) is 30.3 Å². The number of rotatable bonds is 6. The van der Waals surface area contributed by atoms with Crippen molar-refractivity contribution in [3.05, 3.63) is 96.0 Å². The topological polar surface area (TPSA) is 71.3 Å². The highest BCUT2D eigenvalue weighted by Gasteiger charge is 2.35. The van der Waals surface area contributed by atoms with Crippen molar-refractivity contribution in [2.24, 2.45) is 0 Å². The number of halogens is 3. The number of anilines is 1.